The van der Waals surface area contributed by atoms with Crippen LogP contribution in [0.15, 0.2) is 34.7 Å². The molecule has 0 fully saturated rings. The topological polar surface area (TPSA) is 52.0 Å². The van der Waals surface area contributed by atoms with E-state index in [0.717, 1.165) is 6.07 Å². The molecule has 0 atom stereocenters. The molecule has 2 N–H and O–H groups in total. The number of rotatable bonds is 1. The molecule has 2 aromatic carbocycles. The van der Waals surface area contributed by atoms with Crippen LogP contribution in [0.25, 0.3) is 22.6 Å². The van der Waals surface area contributed by atoms with Crippen LogP contribution >= 0.6 is 11.6 Å². The summed E-state index contributed by atoms with van der Waals surface area (Å²) in [7, 11) is 0. The van der Waals surface area contributed by atoms with E-state index >= 15 is 0 Å². The van der Waals surface area contributed by atoms with Crippen molar-refractivity contribution in [3.05, 3.63) is 47.0 Å². The minimum absolute atomic E-state index is 0.0198. The number of hydrogen-bond donors (Lipinski definition) is 1. The molecule has 0 saturated carbocycles. The van der Waals surface area contributed by atoms with Crippen molar-refractivity contribution < 1.29 is 13.2 Å². The van der Waals surface area contributed by atoms with Crippen LogP contribution in [0.1, 0.15) is 0 Å². The average Bonchev–Trinajstić information content (AvgIpc) is 2.76. The van der Waals surface area contributed by atoms with Gasteiger partial charge in [0.05, 0.1) is 16.3 Å². The molecule has 0 aliphatic rings. The van der Waals surface area contributed by atoms with E-state index in [4.69, 9.17) is 21.8 Å². The lowest BCUT2D eigenvalue weighted by Crippen LogP contribution is -1.88. The highest BCUT2D eigenvalue weighted by molar-refractivity contribution is 6.33. The number of benzene rings is 2. The van der Waals surface area contributed by atoms with Gasteiger partial charge < -0.3 is 10.2 Å². The zero-order valence-corrected chi connectivity index (χ0v) is 10.2. The Bertz CT molecular complexity index is 747. The van der Waals surface area contributed by atoms with Crippen molar-refractivity contribution in [2.45, 2.75) is 0 Å². The number of nitrogens with zero attached hydrogens (tertiary/aromatic N) is 1. The van der Waals surface area contributed by atoms with Gasteiger partial charge in [-0.25, -0.2) is 13.8 Å². The lowest BCUT2D eigenvalue weighted by Gasteiger charge is -1.97. The quantitative estimate of drug-likeness (QED) is 0.685. The maximum Gasteiger partial charge on any atom is 0.230 e. The van der Waals surface area contributed by atoms with Gasteiger partial charge in [0, 0.05) is 6.07 Å². The summed E-state index contributed by atoms with van der Waals surface area (Å²) in [6, 6.07) is 6.79. The highest BCUT2D eigenvalue weighted by Gasteiger charge is 2.16. The van der Waals surface area contributed by atoms with Crippen LogP contribution in [0.4, 0.5) is 14.5 Å². The molecule has 6 heteroatoms. The number of nitrogen functional groups attached to an aromatic ring is 1. The van der Waals surface area contributed by atoms with Gasteiger partial charge in [0.15, 0.2) is 17.2 Å². The third kappa shape index (κ3) is 1.92. The van der Waals surface area contributed by atoms with Crippen LogP contribution in [-0.4, -0.2) is 4.98 Å². The molecule has 1 aromatic heterocycles. The number of halogens is 3. The summed E-state index contributed by atoms with van der Waals surface area (Å²) >= 11 is 5.86. The molecule has 0 aliphatic carbocycles. The molecule has 3 rings (SSSR count). The van der Waals surface area contributed by atoms with Crippen molar-refractivity contribution in [3.8, 4) is 11.5 Å². The fourth-order valence-corrected chi connectivity index (χ4v) is 1.91. The first-order valence-corrected chi connectivity index (χ1v) is 5.74. The van der Waals surface area contributed by atoms with Crippen LogP contribution in [0.2, 0.25) is 5.02 Å². The van der Waals surface area contributed by atoms with E-state index in [2.05, 4.69) is 4.98 Å². The third-order valence-electron chi connectivity index (χ3n) is 2.69. The lowest BCUT2D eigenvalue weighted by molar-refractivity contribution is 0.505. The first-order valence-electron chi connectivity index (χ1n) is 5.36. The van der Waals surface area contributed by atoms with Crippen LogP contribution < -0.4 is 5.73 Å². The van der Waals surface area contributed by atoms with Crippen molar-refractivity contribution in [2.24, 2.45) is 0 Å². The SMILES string of the molecule is Nc1cc2oc(-c3cccc(F)c3F)nc2cc1Cl. The van der Waals surface area contributed by atoms with Crippen LogP contribution in [0.3, 0.4) is 0 Å². The summed E-state index contributed by atoms with van der Waals surface area (Å²) in [5.74, 6) is -1.99. The van der Waals surface area contributed by atoms with Crippen molar-refractivity contribution in [1.29, 1.82) is 0 Å². The van der Waals surface area contributed by atoms with E-state index in [9.17, 15) is 8.78 Å². The minimum Gasteiger partial charge on any atom is -0.436 e. The molecule has 0 unspecified atom stereocenters. The normalized spacial score (nSPS) is 11.1. The molecule has 0 aliphatic heterocycles. The monoisotopic (exact) mass is 280 g/mol. The summed E-state index contributed by atoms with van der Waals surface area (Å²) in [4.78, 5) is 4.07. The van der Waals surface area contributed by atoms with Gasteiger partial charge in [0.2, 0.25) is 5.89 Å². The van der Waals surface area contributed by atoms with Gasteiger partial charge in [-0.3, -0.25) is 0 Å². The predicted molar refractivity (Wildman–Crippen MR) is 68.8 cm³/mol. The summed E-state index contributed by atoms with van der Waals surface area (Å²) in [6.45, 7) is 0. The molecule has 0 saturated heterocycles. The fraction of sp³-hybridized carbons (Fsp3) is 0. The molecule has 0 radical (unpaired) electrons. The van der Waals surface area contributed by atoms with Gasteiger partial charge in [0.1, 0.15) is 5.52 Å². The van der Waals surface area contributed by atoms with Crippen LogP contribution in [-0.2, 0) is 0 Å². The fourth-order valence-electron chi connectivity index (χ4n) is 1.75. The maximum absolute atomic E-state index is 13.6. The molecule has 3 aromatic rings. The highest BCUT2D eigenvalue weighted by atomic mass is 35.5. The maximum atomic E-state index is 13.6. The predicted octanol–water partition coefficient (Wildman–Crippen LogP) is 4.01. The molecule has 3 nitrogen and oxygen atoms in total. The second-order valence-corrected chi connectivity index (χ2v) is 4.37. The minimum atomic E-state index is -1.01. The third-order valence-corrected chi connectivity index (χ3v) is 3.02. The van der Waals surface area contributed by atoms with Crippen molar-refractivity contribution in [1.82, 2.24) is 4.98 Å². The van der Waals surface area contributed by atoms with Gasteiger partial charge >= 0.3 is 0 Å². The van der Waals surface area contributed by atoms with Gasteiger partial charge in [0.25, 0.3) is 0 Å². The molecular formula is C13H7ClF2N2O. The lowest BCUT2D eigenvalue weighted by atomic mass is 10.2. The van der Waals surface area contributed by atoms with E-state index in [-0.39, 0.29) is 11.5 Å². The second-order valence-electron chi connectivity index (χ2n) is 3.96. The average molecular weight is 281 g/mol. The number of fused-ring (bicyclic) bond motifs is 1. The summed E-state index contributed by atoms with van der Waals surface area (Å²) in [5.41, 5.74) is 6.70. The molecule has 19 heavy (non-hydrogen) atoms. The first kappa shape index (κ1) is 11.9. The zero-order chi connectivity index (χ0) is 13.6. The molecule has 1 heterocycles. The van der Waals surface area contributed by atoms with Crippen molar-refractivity contribution in [2.75, 3.05) is 5.73 Å². The Morgan fingerprint density at radius 3 is 2.79 bits per heavy atom. The van der Waals surface area contributed by atoms with E-state index in [0.29, 0.717) is 21.8 Å². The number of aromatic nitrogens is 1. The molecule has 0 spiro atoms. The molecule has 0 bridgehead atoms. The summed E-state index contributed by atoms with van der Waals surface area (Å²) < 4.78 is 32.2. The summed E-state index contributed by atoms with van der Waals surface area (Å²) in [5, 5.41) is 0.326. The van der Waals surface area contributed by atoms with Crippen LogP contribution in [0.5, 0.6) is 0 Å². The van der Waals surface area contributed by atoms with Gasteiger partial charge in [-0.2, -0.15) is 0 Å². The number of hydrogen-bond acceptors (Lipinski definition) is 3. The molecule has 96 valence electrons. The number of anilines is 1. The summed E-state index contributed by atoms with van der Waals surface area (Å²) in [6.07, 6.45) is 0. The number of nitrogens with two attached hydrogens (primary N) is 1. The van der Waals surface area contributed by atoms with Gasteiger partial charge in [-0.1, -0.05) is 17.7 Å². The highest BCUT2D eigenvalue weighted by Crippen LogP contribution is 2.31. The van der Waals surface area contributed by atoms with E-state index in [1.807, 2.05) is 0 Å². The van der Waals surface area contributed by atoms with Crippen molar-refractivity contribution >= 4 is 28.4 Å². The van der Waals surface area contributed by atoms with Gasteiger partial charge in [-0.15, -0.1) is 0 Å². The van der Waals surface area contributed by atoms with E-state index in [1.54, 1.807) is 0 Å². The van der Waals surface area contributed by atoms with Crippen molar-refractivity contribution in [3.63, 3.8) is 0 Å². The van der Waals surface area contributed by atoms with E-state index in [1.165, 1.54) is 24.3 Å². The largest absolute Gasteiger partial charge is 0.436 e. The standard InChI is InChI=1S/C13H7ClF2N2O/c14-7-4-10-11(5-9(7)17)19-13(18-10)6-2-1-3-8(15)12(6)16/h1-5H,17H2. The Morgan fingerprint density at radius 2 is 2.00 bits per heavy atom. The Hall–Kier alpha value is -2.14. The Kier molecular flexibility index (Phi) is 2.64. The zero-order valence-electron chi connectivity index (χ0n) is 9.45. The Morgan fingerprint density at radius 1 is 1.21 bits per heavy atom. The first-order chi connectivity index (χ1) is 9.06. The second kappa shape index (κ2) is 4.20. The molecule has 0 amide bonds. The van der Waals surface area contributed by atoms with E-state index < -0.39 is 11.6 Å². The Balaban J connectivity index is 2.23. The molecular weight excluding hydrogens is 274 g/mol. The number of oxazole rings is 1. The Labute approximate surface area is 111 Å². The van der Waals surface area contributed by atoms with Gasteiger partial charge in [-0.05, 0) is 18.2 Å². The smallest absolute Gasteiger partial charge is 0.230 e. The van der Waals surface area contributed by atoms with Crippen LogP contribution in [0, 0.1) is 11.6 Å².